The van der Waals surface area contributed by atoms with E-state index >= 15 is 0 Å². The van der Waals surface area contributed by atoms with Crippen LogP contribution in [0.2, 0.25) is 0 Å². The average Bonchev–Trinajstić information content (AvgIpc) is 2.77. The standard InChI is InChI=1S/C17H20N2S/c1-17(2)9-10-19(11-17)15-8-7-14(16(18)20)12-5-3-4-6-13(12)15/h3-8H,9-11H2,1-2H3,(H2,18,20). The fourth-order valence-electron chi connectivity index (χ4n) is 3.09. The molecule has 1 fully saturated rings. The van der Waals surface area contributed by atoms with Crippen LogP contribution in [0.25, 0.3) is 10.8 Å². The molecule has 0 atom stereocenters. The van der Waals surface area contributed by atoms with Gasteiger partial charge in [0.25, 0.3) is 0 Å². The van der Waals surface area contributed by atoms with Crippen molar-refractivity contribution in [3.8, 4) is 0 Å². The van der Waals surface area contributed by atoms with E-state index in [2.05, 4.69) is 49.1 Å². The maximum atomic E-state index is 5.84. The SMILES string of the molecule is CC1(C)CCN(c2ccc(C(N)=S)c3ccccc23)C1. The number of nitrogens with zero attached hydrogens (tertiary/aromatic N) is 1. The first kappa shape index (κ1) is 13.4. The van der Waals surface area contributed by atoms with Gasteiger partial charge in [-0.05, 0) is 29.4 Å². The molecule has 0 unspecified atom stereocenters. The Morgan fingerprint density at radius 2 is 1.85 bits per heavy atom. The van der Waals surface area contributed by atoms with E-state index in [1.54, 1.807) is 0 Å². The van der Waals surface area contributed by atoms with Gasteiger partial charge >= 0.3 is 0 Å². The third-order valence-corrected chi connectivity index (χ3v) is 4.40. The molecular formula is C17H20N2S. The Hall–Kier alpha value is -1.61. The van der Waals surface area contributed by atoms with Gasteiger partial charge < -0.3 is 10.6 Å². The van der Waals surface area contributed by atoms with Crippen molar-refractivity contribution in [2.75, 3.05) is 18.0 Å². The van der Waals surface area contributed by atoms with Gasteiger partial charge in [-0.3, -0.25) is 0 Å². The highest BCUT2D eigenvalue weighted by Crippen LogP contribution is 2.36. The highest BCUT2D eigenvalue weighted by atomic mass is 32.1. The summed E-state index contributed by atoms with van der Waals surface area (Å²) in [6, 6.07) is 12.6. The van der Waals surface area contributed by atoms with E-state index in [0.29, 0.717) is 10.4 Å². The van der Waals surface area contributed by atoms with Crippen LogP contribution in [0.15, 0.2) is 36.4 Å². The van der Waals surface area contributed by atoms with Crippen LogP contribution in [-0.4, -0.2) is 18.1 Å². The second-order valence-corrected chi connectivity index (χ2v) is 6.82. The smallest absolute Gasteiger partial charge is 0.104 e. The third kappa shape index (κ3) is 2.27. The molecule has 2 N–H and O–H groups in total. The topological polar surface area (TPSA) is 29.3 Å². The number of fused-ring (bicyclic) bond motifs is 1. The monoisotopic (exact) mass is 284 g/mol. The molecule has 0 spiro atoms. The Kier molecular flexibility index (Phi) is 3.17. The van der Waals surface area contributed by atoms with Gasteiger partial charge in [0.1, 0.15) is 4.99 Å². The highest BCUT2D eigenvalue weighted by molar-refractivity contribution is 7.80. The molecule has 0 saturated carbocycles. The molecule has 20 heavy (non-hydrogen) atoms. The van der Waals surface area contributed by atoms with Crippen LogP contribution in [0.4, 0.5) is 5.69 Å². The van der Waals surface area contributed by atoms with Crippen molar-refractivity contribution >= 4 is 33.7 Å². The van der Waals surface area contributed by atoms with Gasteiger partial charge in [0.15, 0.2) is 0 Å². The Labute approximate surface area is 125 Å². The molecule has 0 aromatic heterocycles. The van der Waals surface area contributed by atoms with Crippen molar-refractivity contribution in [3.63, 3.8) is 0 Å². The highest BCUT2D eigenvalue weighted by Gasteiger charge is 2.30. The summed E-state index contributed by atoms with van der Waals surface area (Å²) in [5.74, 6) is 0. The second-order valence-electron chi connectivity index (χ2n) is 6.38. The number of hydrogen-bond acceptors (Lipinski definition) is 2. The first-order chi connectivity index (χ1) is 9.48. The van der Waals surface area contributed by atoms with Crippen molar-refractivity contribution in [2.24, 2.45) is 11.1 Å². The lowest BCUT2D eigenvalue weighted by Gasteiger charge is -2.23. The van der Waals surface area contributed by atoms with Crippen LogP contribution in [0.3, 0.4) is 0 Å². The summed E-state index contributed by atoms with van der Waals surface area (Å²) in [5.41, 5.74) is 8.50. The third-order valence-electron chi connectivity index (χ3n) is 4.18. The summed E-state index contributed by atoms with van der Waals surface area (Å²) < 4.78 is 0. The van der Waals surface area contributed by atoms with Crippen LogP contribution < -0.4 is 10.6 Å². The van der Waals surface area contributed by atoms with Crippen molar-refractivity contribution in [3.05, 3.63) is 42.0 Å². The van der Waals surface area contributed by atoms with E-state index in [-0.39, 0.29) is 0 Å². The van der Waals surface area contributed by atoms with Crippen LogP contribution in [0.5, 0.6) is 0 Å². The van der Waals surface area contributed by atoms with Gasteiger partial charge in [0.05, 0.1) is 0 Å². The molecule has 2 aromatic rings. The minimum Gasteiger partial charge on any atom is -0.389 e. The Morgan fingerprint density at radius 3 is 2.45 bits per heavy atom. The zero-order valence-electron chi connectivity index (χ0n) is 12.0. The summed E-state index contributed by atoms with van der Waals surface area (Å²) in [4.78, 5) is 2.94. The predicted molar refractivity (Wildman–Crippen MR) is 90.4 cm³/mol. The van der Waals surface area contributed by atoms with Crippen LogP contribution >= 0.6 is 12.2 Å². The minimum atomic E-state index is 0.392. The van der Waals surface area contributed by atoms with Crippen molar-refractivity contribution in [1.82, 2.24) is 0 Å². The molecule has 2 aromatic carbocycles. The van der Waals surface area contributed by atoms with Gasteiger partial charge in [-0.2, -0.15) is 0 Å². The first-order valence-corrected chi connectivity index (χ1v) is 7.45. The molecule has 1 aliphatic heterocycles. The van der Waals surface area contributed by atoms with E-state index in [1.807, 2.05) is 6.07 Å². The predicted octanol–water partition coefficient (Wildman–Crippen LogP) is 3.71. The molecule has 1 aliphatic rings. The number of nitrogens with two attached hydrogens (primary N) is 1. The maximum absolute atomic E-state index is 5.84. The molecule has 1 heterocycles. The van der Waals surface area contributed by atoms with Gasteiger partial charge in [0, 0.05) is 29.7 Å². The zero-order valence-corrected chi connectivity index (χ0v) is 12.8. The minimum absolute atomic E-state index is 0.392. The van der Waals surface area contributed by atoms with E-state index in [1.165, 1.54) is 17.5 Å². The Balaban J connectivity index is 2.14. The number of anilines is 1. The Bertz CT molecular complexity index is 676. The molecule has 104 valence electrons. The van der Waals surface area contributed by atoms with E-state index in [0.717, 1.165) is 24.0 Å². The lowest BCUT2D eigenvalue weighted by molar-refractivity contribution is 0.418. The largest absolute Gasteiger partial charge is 0.389 e. The fraction of sp³-hybridized carbons (Fsp3) is 0.353. The quantitative estimate of drug-likeness (QED) is 0.852. The fourth-order valence-corrected chi connectivity index (χ4v) is 3.27. The molecule has 0 amide bonds. The summed E-state index contributed by atoms with van der Waals surface area (Å²) in [5, 5.41) is 2.40. The van der Waals surface area contributed by atoms with Crippen LogP contribution in [0, 0.1) is 5.41 Å². The lowest BCUT2D eigenvalue weighted by Crippen LogP contribution is -2.23. The zero-order chi connectivity index (χ0) is 14.3. The molecule has 2 nitrogen and oxygen atoms in total. The van der Waals surface area contributed by atoms with Crippen LogP contribution in [0.1, 0.15) is 25.8 Å². The molecule has 3 rings (SSSR count). The van der Waals surface area contributed by atoms with Gasteiger partial charge in [-0.15, -0.1) is 0 Å². The summed E-state index contributed by atoms with van der Waals surface area (Å²) in [6.45, 7) is 6.88. The number of benzene rings is 2. The molecule has 3 heteroatoms. The summed E-state index contributed by atoms with van der Waals surface area (Å²) in [6.07, 6.45) is 1.23. The van der Waals surface area contributed by atoms with E-state index < -0.39 is 0 Å². The van der Waals surface area contributed by atoms with Crippen molar-refractivity contribution in [2.45, 2.75) is 20.3 Å². The van der Waals surface area contributed by atoms with Gasteiger partial charge in [-0.1, -0.05) is 50.3 Å². The van der Waals surface area contributed by atoms with Gasteiger partial charge in [-0.25, -0.2) is 0 Å². The first-order valence-electron chi connectivity index (χ1n) is 7.04. The van der Waals surface area contributed by atoms with Crippen molar-refractivity contribution < 1.29 is 0 Å². The van der Waals surface area contributed by atoms with Crippen molar-refractivity contribution in [1.29, 1.82) is 0 Å². The summed E-state index contributed by atoms with van der Waals surface area (Å²) >= 11 is 5.17. The molecular weight excluding hydrogens is 264 g/mol. The van der Waals surface area contributed by atoms with Gasteiger partial charge in [0.2, 0.25) is 0 Å². The molecule has 0 bridgehead atoms. The average molecular weight is 284 g/mol. The Morgan fingerprint density at radius 1 is 1.15 bits per heavy atom. The summed E-state index contributed by atoms with van der Waals surface area (Å²) in [7, 11) is 0. The number of rotatable bonds is 2. The van der Waals surface area contributed by atoms with E-state index in [4.69, 9.17) is 18.0 Å². The molecule has 0 radical (unpaired) electrons. The number of thiocarbonyl (C=S) groups is 1. The van der Waals surface area contributed by atoms with E-state index in [9.17, 15) is 0 Å². The normalized spacial score (nSPS) is 17.6. The maximum Gasteiger partial charge on any atom is 0.104 e. The molecule has 0 aliphatic carbocycles. The van der Waals surface area contributed by atoms with Crippen LogP contribution in [-0.2, 0) is 0 Å². The number of hydrogen-bond donors (Lipinski definition) is 1. The lowest BCUT2D eigenvalue weighted by atomic mass is 9.93. The molecule has 1 saturated heterocycles. The second kappa shape index (κ2) is 4.74.